The number of hydrogen-bond donors (Lipinski definition) is 2. The van der Waals surface area contributed by atoms with Gasteiger partial charge in [0.15, 0.2) is 0 Å². The average Bonchev–Trinajstić information content (AvgIpc) is 2.34. The van der Waals surface area contributed by atoms with Crippen LogP contribution in [0.4, 0.5) is 8.78 Å². The number of benzene rings is 2. The van der Waals surface area contributed by atoms with Crippen molar-refractivity contribution in [3.05, 3.63) is 65.2 Å². The van der Waals surface area contributed by atoms with E-state index in [0.717, 1.165) is 11.6 Å². The maximum atomic E-state index is 13.3. The molecule has 0 heterocycles. The lowest BCUT2D eigenvalue weighted by Gasteiger charge is -2.06. The zero-order valence-electron chi connectivity index (χ0n) is 9.66. The van der Waals surface area contributed by atoms with E-state index in [2.05, 4.69) is 5.32 Å². The van der Waals surface area contributed by atoms with Crippen LogP contribution in [0.3, 0.4) is 0 Å². The summed E-state index contributed by atoms with van der Waals surface area (Å²) >= 11 is 0. The maximum Gasteiger partial charge on any atom is 0.130 e. The maximum absolute atomic E-state index is 13.3. The topological polar surface area (TPSA) is 32.3 Å². The molecule has 0 aliphatic heterocycles. The predicted molar refractivity (Wildman–Crippen MR) is 65.0 cm³/mol. The minimum atomic E-state index is -0.574. The van der Waals surface area contributed by atoms with Gasteiger partial charge in [0.1, 0.15) is 17.4 Å². The number of nitrogens with one attached hydrogen (secondary N) is 1. The van der Waals surface area contributed by atoms with E-state index in [9.17, 15) is 8.78 Å². The van der Waals surface area contributed by atoms with E-state index < -0.39 is 11.6 Å². The lowest BCUT2D eigenvalue weighted by Crippen LogP contribution is -2.13. The molecule has 0 fully saturated rings. The Morgan fingerprint density at radius 3 is 2.33 bits per heavy atom. The molecule has 4 heteroatoms. The SMILES string of the molecule is Oc1ccc(CNCc2ccc(F)cc2F)cc1. The molecule has 0 atom stereocenters. The van der Waals surface area contributed by atoms with Crippen LogP contribution >= 0.6 is 0 Å². The first-order valence-electron chi connectivity index (χ1n) is 5.58. The highest BCUT2D eigenvalue weighted by Crippen LogP contribution is 2.11. The van der Waals surface area contributed by atoms with E-state index in [0.29, 0.717) is 18.7 Å². The zero-order valence-corrected chi connectivity index (χ0v) is 9.66. The fourth-order valence-corrected chi connectivity index (χ4v) is 1.62. The fraction of sp³-hybridized carbons (Fsp3) is 0.143. The molecule has 0 saturated carbocycles. The second-order valence-electron chi connectivity index (χ2n) is 4.01. The Balaban J connectivity index is 1.90. The van der Waals surface area contributed by atoms with Gasteiger partial charge in [0, 0.05) is 24.7 Å². The number of phenols is 1. The third-order valence-corrected chi connectivity index (χ3v) is 2.60. The van der Waals surface area contributed by atoms with Gasteiger partial charge >= 0.3 is 0 Å². The standard InChI is InChI=1S/C14H13F2NO/c15-12-4-3-11(14(16)7-12)9-17-8-10-1-5-13(18)6-2-10/h1-7,17-18H,8-9H2. The second kappa shape index (κ2) is 5.60. The molecule has 0 aliphatic carbocycles. The Morgan fingerprint density at radius 1 is 0.944 bits per heavy atom. The van der Waals surface area contributed by atoms with Gasteiger partial charge < -0.3 is 10.4 Å². The highest BCUT2D eigenvalue weighted by molar-refractivity contribution is 5.26. The molecule has 2 nitrogen and oxygen atoms in total. The lowest BCUT2D eigenvalue weighted by atomic mass is 10.2. The Labute approximate surface area is 104 Å². The van der Waals surface area contributed by atoms with Crippen molar-refractivity contribution in [2.24, 2.45) is 0 Å². The lowest BCUT2D eigenvalue weighted by molar-refractivity contribution is 0.475. The van der Waals surface area contributed by atoms with Crippen LogP contribution in [0.2, 0.25) is 0 Å². The molecular formula is C14H13F2NO. The molecule has 0 bridgehead atoms. The number of rotatable bonds is 4. The molecule has 2 aromatic carbocycles. The minimum absolute atomic E-state index is 0.211. The van der Waals surface area contributed by atoms with Crippen molar-refractivity contribution >= 4 is 0 Å². The summed E-state index contributed by atoms with van der Waals surface area (Å²) in [5, 5.41) is 12.2. The molecule has 0 unspecified atom stereocenters. The number of phenolic OH excluding ortho intramolecular Hbond substituents is 1. The third kappa shape index (κ3) is 3.28. The molecule has 0 amide bonds. The van der Waals surface area contributed by atoms with Gasteiger partial charge in [-0.2, -0.15) is 0 Å². The van der Waals surface area contributed by atoms with Gasteiger partial charge in [-0.05, 0) is 23.8 Å². The molecule has 0 spiro atoms. The Morgan fingerprint density at radius 2 is 1.67 bits per heavy atom. The average molecular weight is 249 g/mol. The first-order valence-corrected chi connectivity index (χ1v) is 5.58. The molecule has 2 aromatic rings. The molecule has 0 saturated heterocycles. The van der Waals surface area contributed by atoms with Gasteiger partial charge in [0.25, 0.3) is 0 Å². The van der Waals surface area contributed by atoms with Gasteiger partial charge in [-0.15, -0.1) is 0 Å². The normalized spacial score (nSPS) is 10.6. The summed E-state index contributed by atoms with van der Waals surface area (Å²) in [7, 11) is 0. The molecule has 2 N–H and O–H groups in total. The summed E-state index contributed by atoms with van der Waals surface area (Å²) in [5.41, 5.74) is 1.41. The summed E-state index contributed by atoms with van der Waals surface area (Å²) in [6.45, 7) is 0.879. The molecule has 0 aliphatic rings. The highest BCUT2D eigenvalue weighted by Gasteiger charge is 2.03. The summed E-state index contributed by atoms with van der Waals surface area (Å²) in [5.74, 6) is -0.911. The molecule has 2 rings (SSSR count). The van der Waals surface area contributed by atoms with Crippen molar-refractivity contribution in [3.63, 3.8) is 0 Å². The van der Waals surface area contributed by atoms with Crippen molar-refractivity contribution in [1.29, 1.82) is 0 Å². The van der Waals surface area contributed by atoms with Gasteiger partial charge in [-0.25, -0.2) is 8.78 Å². The van der Waals surface area contributed by atoms with E-state index in [-0.39, 0.29) is 5.75 Å². The fourth-order valence-electron chi connectivity index (χ4n) is 1.62. The van der Waals surface area contributed by atoms with Crippen LogP contribution in [-0.2, 0) is 13.1 Å². The largest absolute Gasteiger partial charge is 0.508 e. The van der Waals surface area contributed by atoms with Crippen LogP contribution in [0.1, 0.15) is 11.1 Å². The third-order valence-electron chi connectivity index (χ3n) is 2.60. The monoisotopic (exact) mass is 249 g/mol. The van der Waals surface area contributed by atoms with E-state index in [1.54, 1.807) is 24.3 Å². The molecular weight excluding hydrogens is 236 g/mol. The zero-order chi connectivity index (χ0) is 13.0. The number of aromatic hydroxyl groups is 1. The van der Waals surface area contributed by atoms with Crippen molar-refractivity contribution in [3.8, 4) is 5.75 Å². The molecule has 0 radical (unpaired) electrons. The highest BCUT2D eigenvalue weighted by atomic mass is 19.1. The predicted octanol–water partition coefficient (Wildman–Crippen LogP) is 2.96. The van der Waals surface area contributed by atoms with Gasteiger partial charge in [0.2, 0.25) is 0 Å². The minimum Gasteiger partial charge on any atom is -0.508 e. The van der Waals surface area contributed by atoms with E-state index in [1.807, 2.05) is 0 Å². The van der Waals surface area contributed by atoms with Gasteiger partial charge in [-0.1, -0.05) is 18.2 Å². The van der Waals surface area contributed by atoms with Crippen LogP contribution in [-0.4, -0.2) is 5.11 Å². The van der Waals surface area contributed by atoms with Crippen LogP contribution < -0.4 is 5.32 Å². The number of halogens is 2. The van der Waals surface area contributed by atoms with Crippen LogP contribution in [0.25, 0.3) is 0 Å². The van der Waals surface area contributed by atoms with Crippen molar-refractivity contribution in [1.82, 2.24) is 5.32 Å². The Bertz CT molecular complexity index is 526. The van der Waals surface area contributed by atoms with E-state index in [4.69, 9.17) is 5.11 Å². The molecule has 94 valence electrons. The second-order valence-corrected chi connectivity index (χ2v) is 4.01. The molecule has 18 heavy (non-hydrogen) atoms. The quantitative estimate of drug-likeness (QED) is 0.873. The molecule has 0 aromatic heterocycles. The van der Waals surface area contributed by atoms with Crippen LogP contribution in [0.15, 0.2) is 42.5 Å². The van der Waals surface area contributed by atoms with Gasteiger partial charge in [0.05, 0.1) is 0 Å². The summed E-state index contributed by atoms with van der Waals surface area (Å²) in [6, 6.07) is 10.3. The first-order chi connectivity index (χ1) is 8.65. The van der Waals surface area contributed by atoms with Gasteiger partial charge in [-0.3, -0.25) is 0 Å². The summed E-state index contributed by atoms with van der Waals surface area (Å²) in [6.07, 6.45) is 0. The van der Waals surface area contributed by atoms with Crippen LogP contribution in [0.5, 0.6) is 5.75 Å². The number of hydrogen-bond acceptors (Lipinski definition) is 2. The van der Waals surface area contributed by atoms with Crippen LogP contribution in [0, 0.1) is 11.6 Å². The van der Waals surface area contributed by atoms with Crippen molar-refractivity contribution in [2.75, 3.05) is 0 Å². The van der Waals surface area contributed by atoms with Crippen molar-refractivity contribution in [2.45, 2.75) is 13.1 Å². The summed E-state index contributed by atoms with van der Waals surface area (Å²) < 4.78 is 26.0. The smallest absolute Gasteiger partial charge is 0.130 e. The Kier molecular flexibility index (Phi) is 3.89. The van der Waals surface area contributed by atoms with E-state index in [1.165, 1.54) is 12.1 Å². The van der Waals surface area contributed by atoms with E-state index >= 15 is 0 Å². The first kappa shape index (κ1) is 12.5. The Hall–Kier alpha value is -1.94. The summed E-state index contributed by atoms with van der Waals surface area (Å²) in [4.78, 5) is 0. The van der Waals surface area contributed by atoms with Crippen molar-refractivity contribution < 1.29 is 13.9 Å².